The number of hydrogen-bond donors (Lipinski definition) is 3. The number of azide groups is 1. The minimum Gasteiger partial charge on any atom is -0.444 e. The van der Waals surface area contributed by atoms with Crippen LogP contribution in [-0.4, -0.2) is 51.0 Å². The smallest absolute Gasteiger partial charge is 0.414 e. The number of carbonyl (C=O) groups is 3. The number of aromatic nitrogens is 2. The van der Waals surface area contributed by atoms with Crippen LogP contribution in [0.15, 0.2) is 5.11 Å². The Balaban J connectivity index is 1.94. The molecule has 0 unspecified atom stereocenters. The lowest BCUT2D eigenvalue weighted by atomic mass is 9.85. The third-order valence-corrected chi connectivity index (χ3v) is 4.06. The van der Waals surface area contributed by atoms with Crippen LogP contribution in [0.3, 0.4) is 0 Å². The van der Waals surface area contributed by atoms with Gasteiger partial charge in [-0.25, -0.2) is 4.79 Å². The molecule has 1 saturated heterocycles. The van der Waals surface area contributed by atoms with E-state index in [4.69, 9.17) is 15.7 Å². The highest BCUT2D eigenvalue weighted by atomic mass is 32.1. The second-order valence-electron chi connectivity index (χ2n) is 6.69. The molecule has 0 spiro atoms. The summed E-state index contributed by atoms with van der Waals surface area (Å²) in [6.07, 6.45) is -0.945. The molecule has 1 aromatic heterocycles. The Labute approximate surface area is 158 Å². The fourth-order valence-electron chi connectivity index (χ4n) is 2.20. The first kappa shape index (κ1) is 20.3. The number of nitrogens with zero attached hydrogens (tertiary/aromatic N) is 5. The van der Waals surface area contributed by atoms with Gasteiger partial charge in [0.2, 0.25) is 11.0 Å². The second kappa shape index (κ2) is 8.10. The first-order chi connectivity index (χ1) is 12.6. The van der Waals surface area contributed by atoms with Crippen molar-refractivity contribution in [3.8, 4) is 0 Å². The first-order valence-electron chi connectivity index (χ1n) is 7.88. The number of ether oxygens (including phenoxy) is 1. The van der Waals surface area contributed by atoms with E-state index in [0.717, 1.165) is 11.5 Å². The highest BCUT2D eigenvalue weighted by molar-refractivity contribution is 7.10. The van der Waals surface area contributed by atoms with Gasteiger partial charge in [-0.15, -0.1) is 0 Å². The first-order valence-corrected chi connectivity index (χ1v) is 8.65. The van der Waals surface area contributed by atoms with E-state index < -0.39 is 35.1 Å². The molecule has 1 aromatic rings. The van der Waals surface area contributed by atoms with Crippen molar-refractivity contribution in [2.75, 3.05) is 11.9 Å². The number of β-lactam (4-membered cyclic amide) rings is 1. The summed E-state index contributed by atoms with van der Waals surface area (Å²) in [6.45, 7) is 5.15. The summed E-state index contributed by atoms with van der Waals surface area (Å²) in [4.78, 5) is 42.0. The lowest BCUT2D eigenvalue weighted by Crippen LogP contribution is -2.60. The molecule has 2 amide bonds. The molecular weight excluding hydrogens is 376 g/mol. The molecule has 1 fully saturated rings. The van der Waals surface area contributed by atoms with Gasteiger partial charge in [-0.1, -0.05) is 5.11 Å². The minimum atomic E-state index is -0.727. The van der Waals surface area contributed by atoms with E-state index in [1.807, 2.05) is 0 Å². The van der Waals surface area contributed by atoms with E-state index in [9.17, 15) is 14.4 Å². The van der Waals surface area contributed by atoms with Gasteiger partial charge in [0.1, 0.15) is 11.3 Å². The van der Waals surface area contributed by atoms with E-state index in [-0.39, 0.29) is 29.8 Å². The molecule has 0 saturated carbocycles. The van der Waals surface area contributed by atoms with Crippen LogP contribution in [0, 0.1) is 11.3 Å². The van der Waals surface area contributed by atoms with Crippen molar-refractivity contribution in [1.82, 2.24) is 14.7 Å². The summed E-state index contributed by atoms with van der Waals surface area (Å²) in [5.41, 5.74) is 7.17. The zero-order chi connectivity index (χ0) is 20.2. The Bertz CT molecular complexity index is 823. The van der Waals surface area contributed by atoms with E-state index in [1.165, 1.54) is 0 Å². The largest absolute Gasteiger partial charge is 0.444 e. The zero-order valence-corrected chi connectivity index (χ0v) is 15.7. The van der Waals surface area contributed by atoms with Crippen LogP contribution in [0.2, 0.25) is 0 Å². The van der Waals surface area contributed by atoms with Crippen molar-refractivity contribution in [2.24, 2.45) is 11.0 Å². The maximum absolute atomic E-state index is 12.2. The van der Waals surface area contributed by atoms with Gasteiger partial charge in [-0.2, -0.15) is 9.36 Å². The van der Waals surface area contributed by atoms with E-state index in [1.54, 1.807) is 20.8 Å². The highest BCUT2D eigenvalue weighted by Gasteiger charge is 2.40. The van der Waals surface area contributed by atoms with Crippen LogP contribution in [0.4, 0.5) is 9.93 Å². The summed E-state index contributed by atoms with van der Waals surface area (Å²) in [7, 11) is 0. The van der Waals surface area contributed by atoms with Gasteiger partial charge in [-0.05, 0) is 26.3 Å². The second-order valence-corrected chi connectivity index (χ2v) is 7.44. The number of Topliss-reactive ketones (excluding diaryl/α,β-unsaturated/α-hetero) is 1. The van der Waals surface area contributed by atoms with Gasteiger partial charge in [-0.3, -0.25) is 20.3 Å². The molecule has 0 aliphatic carbocycles. The molecule has 2 rings (SSSR count). The Morgan fingerprint density at radius 3 is 2.78 bits per heavy atom. The average Bonchev–Trinajstić information content (AvgIpc) is 3.01. The Morgan fingerprint density at radius 2 is 2.19 bits per heavy atom. The fourth-order valence-corrected chi connectivity index (χ4v) is 2.76. The molecule has 0 aromatic carbocycles. The Hall–Kier alpha value is -3.05. The van der Waals surface area contributed by atoms with Crippen molar-refractivity contribution in [2.45, 2.75) is 38.8 Å². The van der Waals surface area contributed by atoms with Crippen LogP contribution >= 0.6 is 11.5 Å². The van der Waals surface area contributed by atoms with Crippen molar-refractivity contribution < 1.29 is 19.1 Å². The van der Waals surface area contributed by atoms with Crippen LogP contribution in [-0.2, 0) is 14.3 Å². The zero-order valence-electron chi connectivity index (χ0n) is 14.8. The van der Waals surface area contributed by atoms with Gasteiger partial charge in [0.25, 0.3) is 0 Å². The lowest BCUT2D eigenvalue weighted by Gasteiger charge is -2.35. The maximum Gasteiger partial charge on any atom is 0.414 e. The Morgan fingerprint density at radius 1 is 1.48 bits per heavy atom. The summed E-state index contributed by atoms with van der Waals surface area (Å²) in [5, 5.41) is 16.3. The molecule has 13 heteroatoms. The van der Waals surface area contributed by atoms with E-state index in [0.29, 0.717) is 0 Å². The third-order valence-electron chi connectivity index (χ3n) is 3.43. The molecule has 0 radical (unpaired) electrons. The van der Waals surface area contributed by atoms with Crippen molar-refractivity contribution in [3.63, 3.8) is 0 Å². The average molecular weight is 394 g/mol. The molecular formula is C14H18N8O4S. The van der Waals surface area contributed by atoms with Crippen LogP contribution in [0.5, 0.6) is 0 Å². The molecule has 2 atom stereocenters. The number of amides is 2. The summed E-state index contributed by atoms with van der Waals surface area (Å²) < 4.78 is 8.95. The Kier molecular flexibility index (Phi) is 6.08. The van der Waals surface area contributed by atoms with Gasteiger partial charge in [0.05, 0.1) is 5.92 Å². The number of ketones is 1. The predicted octanol–water partition coefficient (Wildman–Crippen LogP) is 1.64. The quantitative estimate of drug-likeness (QED) is 0.207. The number of nitrogens with one attached hydrogen (secondary N) is 3. The summed E-state index contributed by atoms with van der Waals surface area (Å²) in [6, 6.07) is -0.432. The van der Waals surface area contributed by atoms with Crippen LogP contribution in [0.1, 0.15) is 33.0 Å². The van der Waals surface area contributed by atoms with E-state index in [2.05, 4.69) is 30.0 Å². The summed E-state index contributed by atoms with van der Waals surface area (Å²) >= 11 is 0.800. The molecule has 144 valence electrons. The molecule has 3 N–H and O–H groups in total. The summed E-state index contributed by atoms with van der Waals surface area (Å²) in [5.74, 6) is -1.78. The number of anilines is 1. The number of rotatable bonds is 7. The van der Waals surface area contributed by atoms with E-state index >= 15 is 0 Å². The maximum atomic E-state index is 12.2. The SMILES string of the molecule is CC(C)(C)OC(=O)Nc1nc(C(=N)C(=O)C[C@@H]2C(=O)N[C@@H]2CN=[N+]=[N-])ns1. The van der Waals surface area contributed by atoms with Crippen molar-refractivity contribution in [3.05, 3.63) is 16.3 Å². The van der Waals surface area contributed by atoms with Crippen LogP contribution < -0.4 is 10.6 Å². The van der Waals surface area contributed by atoms with Crippen LogP contribution in [0.25, 0.3) is 10.4 Å². The number of carbonyl (C=O) groups excluding carboxylic acids is 3. The predicted molar refractivity (Wildman–Crippen MR) is 95.7 cm³/mol. The monoisotopic (exact) mass is 394 g/mol. The lowest BCUT2D eigenvalue weighted by molar-refractivity contribution is -0.137. The molecule has 1 aliphatic rings. The molecule has 12 nitrogen and oxygen atoms in total. The van der Waals surface area contributed by atoms with Crippen molar-refractivity contribution in [1.29, 1.82) is 5.41 Å². The topological polar surface area (TPSA) is 183 Å². The molecule has 1 aliphatic heterocycles. The molecule has 0 bridgehead atoms. The molecule has 2 heterocycles. The fraction of sp³-hybridized carbons (Fsp3) is 0.571. The third kappa shape index (κ3) is 5.46. The van der Waals surface area contributed by atoms with Crippen molar-refractivity contribution >= 4 is 40.2 Å². The van der Waals surface area contributed by atoms with Gasteiger partial charge in [0, 0.05) is 35.5 Å². The normalized spacial score (nSPS) is 18.6. The van der Waals surface area contributed by atoms with Gasteiger partial charge < -0.3 is 10.1 Å². The minimum absolute atomic E-state index is 0.0342. The number of hydrogen-bond acceptors (Lipinski definition) is 9. The van der Waals surface area contributed by atoms with Gasteiger partial charge >= 0.3 is 6.09 Å². The molecule has 27 heavy (non-hydrogen) atoms. The van der Waals surface area contributed by atoms with Gasteiger partial charge in [0.15, 0.2) is 11.6 Å². The standard InChI is InChI=1S/C14H18N8O4S/c1-14(2,3)26-13(25)20-12-19-10(21-27-12)9(15)8(23)4-6-7(5-17-22-16)18-11(6)24/h6-7,15H,4-5H2,1-3H3,(H,18,24)(H,19,20,21,25)/t6-,7+/m0/s1. The highest BCUT2D eigenvalue weighted by Crippen LogP contribution is 2.21.